The Bertz CT molecular complexity index is 118. The highest BCUT2D eigenvalue weighted by atomic mass is 15.5. The van der Waals surface area contributed by atoms with Crippen molar-refractivity contribution >= 4 is 6.21 Å². The van der Waals surface area contributed by atoms with E-state index in [-0.39, 0.29) is 0 Å². The van der Waals surface area contributed by atoms with Crippen LogP contribution in [0.1, 0.15) is 20.3 Å². The van der Waals surface area contributed by atoms with Crippen LogP contribution in [0.3, 0.4) is 0 Å². The largest absolute Gasteiger partial charge is 0.297 e. The molecule has 0 unspecified atom stereocenters. The van der Waals surface area contributed by atoms with E-state index in [2.05, 4.69) is 18.9 Å². The third-order valence-corrected chi connectivity index (χ3v) is 1.86. The van der Waals surface area contributed by atoms with Crippen molar-refractivity contribution < 1.29 is 0 Å². The van der Waals surface area contributed by atoms with Crippen LogP contribution in [0.15, 0.2) is 5.10 Å². The molecule has 1 atom stereocenters. The van der Waals surface area contributed by atoms with Gasteiger partial charge in [-0.1, -0.05) is 13.8 Å². The predicted octanol–water partition coefficient (Wildman–Crippen LogP) is 1.33. The molecule has 9 heavy (non-hydrogen) atoms. The van der Waals surface area contributed by atoms with Crippen molar-refractivity contribution in [3.63, 3.8) is 0 Å². The minimum atomic E-state index is 0.644. The first-order valence-electron chi connectivity index (χ1n) is 3.47. The van der Waals surface area contributed by atoms with E-state index in [0.717, 1.165) is 12.3 Å². The first-order valence-corrected chi connectivity index (χ1v) is 3.47. The second kappa shape index (κ2) is 2.38. The number of nitrogens with zero attached hydrogens (tertiary/aromatic N) is 2. The number of hydrogen-bond donors (Lipinski definition) is 0. The van der Waals surface area contributed by atoms with Gasteiger partial charge in [0.25, 0.3) is 0 Å². The van der Waals surface area contributed by atoms with Crippen LogP contribution < -0.4 is 0 Å². The van der Waals surface area contributed by atoms with Gasteiger partial charge in [0.15, 0.2) is 0 Å². The Kier molecular flexibility index (Phi) is 1.74. The van der Waals surface area contributed by atoms with Gasteiger partial charge in [-0.05, 0) is 5.92 Å². The van der Waals surface area contributed by atoms with Crippen LogP contribution in [0.4, 0.5) is 0 Å². The Hall–Kier alpha value is -0.530. The Labute approximate surface area is 56.5 Å². The summed E-state index contributed by atoms with van der Waals surface area (Å²) < 4.78 is 0. The molecule has 0 bridgehead atoms. The van der Waals surface area contributed by atoms with Gasteiger partial charge in [-0.25, -0.2) is 0 Å². The summed E-state index contributed by atoms with van der Waals surface area (Å²) in [6.07, 6.45) is 3.11. The quantitative estimate of drug-likeness (QED) is 0.517. The van der Waals surface area contributed by atoms with Crippen LogP contribution in [0.5, 0.6) is 0 Å². The van der Waals surface area contributed by atoms with E-state index in [0.29, 0.717) is 6.04 Å². The van der Waals surface area contributed by atoms with Gasteiger partial charge in [-0.15, -0.1) is 0 Å². The SMILES string of the molecule is CC(C)[C@@H]1CC=NN1C. The zero-order valence-corrected chi connectivity index (χ0v) is 6.33. The molecule has 1 aliphatic rings. The van der Waals surface area contributed by atoms with E-state index in [4.69, 9.17) is 0 Å². The highest BCUT2D eigenvalue weighted by Gasteiger charge is 2.19. The average Bonchev–Trinajstić information content (AvgIpc) is 2.13. The van der Waals surface area contributed by atoms with Gasteiger partial charge < -0.3 is 0 Å². The molecule has 2 heteroatoms. The standard InChI is InChI=1S/C7H14N2/c1-6(2)7-4-5-8-9(7)3/h5-7H,4H2,1-3H3/t7-/m0/s1. The molecule has 2 nitrogen and oxygen atoms in total. The lowest BCUT2D eigenvalue weighted by Gasteiger charge is -2.21. The minimum absolute atomic E-state index is 0.644. The second-order valence-electron chi connectivity index (χ2n) is 2.92. The lowest BCUT2D eigenvalue weighted by molar-refractivity contribution is 0.228. The normalized spacial score (nSPS) is 26.2. The number of hydrogen-bond acceptors (Lipinski definition) is 2. The molecule has 0 aliphatic carbocycles. The van der Waals surface area contributed by atoms with Crippen molar-refractivity contribution in [3.05, 3.63) is 0 Å². The molecule has 0 saturated carbocycles. The Morgan fingerprint density at radius 3 is 2.56 bits per heavy atom. The summed E-state index contributed by atoms with van der Waals surface area (Å²) in [6, 6.07) is 0.644. The van der Waals surface area contributed by atoms with E-state index >= 15 is 0 Å². The zero-order chi connectivity index (χ0) is 6.85. The molecule has 0 N–H and O–H groups in total. The first-order chi connectivity index (χ1) is 4.22. The van der Waals surface area contributed by atoms with Crippen molar-refractivity contribution in [1.82, 2.24) is 5.01 Å². The molecule has 52 valence electrons. The van der Waals surface area contributed by atoms with Gasteiger partial charge in [-0.3, -0.25) is 5.01 Å². The summed E-state index contributed by atoms with van der Waals surface area (Å²) in [5, 5.41) is 6.19. The van der Waals surface area contributed by atoms with Gasteiger partial charge in [0.1, 0.15) is 0 Å². The molecule has 1 heterocycles. The van der Waals surface area contributed by atoms with Gasteiger partial charge in [0, 0.05) is 19.7 Å². The van der Waals surface area contributed by atoms with Crippen molar-refractivity contribution in [2.45, 2.75) is 26.3 Å². The molecular weight excluding hydrogens is 112 g/mol. The monoisotopic (exact) mass is 126 g/mol. The fourth-order valence-corrected chi connectivity index (χ4v) is 1.23. The van der Waals surface area contributed by atoms with E-state index < -0.39 is 0 Å². The van der Waals surface area contributed by atoms with Gasteiger partial charge in [0.05, 0.1) is 6.04 Å². The molecule has 1 aliphatic heterocycles. The van der Waals surface area contributed by atoms with E-state index in [9.17, 15) is 0 Å². The average molecular weight is 126 g/mol. The van der Waals surface area contributed by atoms with E-state index in [1.165, 1.54) is 0 Å². The molecule has 0 aromatic heterocycles. The third kappa shape index (κ3) is 1.23. The van der Waals surface area contributed by atoms with Crippen LogP contribution in [0.25, 0.3) is 0 Å². The predicted molar refractivity (Wildman–Crippen MR) is 39.5 cm³/mol. The Morgan fingerprint density at radius 2 is 2.33 bits per heavy atom. The first kappa shape index (κ1) is 6.59. The molecule has 0 radical (unpaired) electrons. The molecule has 0 spiro atoms. The van der Waals surface area contributed by atoms with Crippen molar-refractivity contribution in [1.29, 1.82) is 0 Å². The second-order valence-corrected chi connectivity index (χ2v) is 2.92. The molecule has 1 rings (SSSR count). The summed E-state index contributed by atoms with van der Waals surface area (Å²) in [4.78, 5) is 0. The van der Waals surface area contributed by atoms with Crippen molar-refractivity contribution in [3.8, 4) is 0 Å². The Balaban J connectivity index is 2.45. The van der Waals surface area contributed by atoms with Crippen LogP contribution >= 0.6 is 0 Å². The highest BCUT2D eigenvalue weighted by Crippen LogP contribution is 2.15. The lowest BCUT2D eigenvalue weighted by atomic mass is 10.0. The van der Waals surface area contributed by atoms with Gasteiger partial charge >= 0.3 is 0 Å². The van der Waals surface area contributed by atoms with Crippen LogP contribution in [-0.2, 0) is 0 Å². The fraction of sp³-hybridized carbons (Fsp3) is 0.857. The zero-order valence-electron chi connectivity index (χ0n) is 6.33. The van der Waals surface area contributed by atoms with Crippen molar-refractivity contribution in [2.75, 3.05) is 7.05 Å². The topological polar surface area (TPSA) is 15.6 Å². The summed E-state index contributed by atoms with van der Waals surface area (Å²) in [5.74, 6) is 0.720. The van der Waals surface area contributed by atoms with Crippen LogP contribution in [0, 0.1) is 5.92 Å². The minimum Gasteiger partial charge on any atom is -0.297 e. The third-order valence-electron chi connectivity index (χ3n) is 1.86. The number of hydrazone groups is 1. The van der Waals surface area contributed by atoms with Crippen LogP contribution in [-0.4, -0.2) is 24.3 Å². The molecule has 0 saturated heterocycles. The molecule has 0 aromatic rings. The molecule has 0 aromatic carbocycles. The lowest BCUT2D eigenvalue weighted by Crippen LogP contribution is -2.27. The smallest absolute Gasteiger partial charge is 0.0540 e. The Morgan fingerprint density at radius 1 is 1.67 bits per heavy atom. The fourth-order valence-electron chi connectivity index (χ4n) is 1.23. The number of rotatable bonds is 1. The van der Waals surface area contributed by atoms with Crippen molar-refractivity contribution in [2.24, 2.45) is 11.0 Å². The van der Waals surface area contributed by atoms with E-state index in [1.807, 2.05) is 18.3 Å². The van der Waals surface area contributed by atoms with Crippen LogP contribution in [0.2, 0.25) is 0 Å². The molecule has 0 amide bonds. The maximum absolute atomic E-state index is 4.15. The maximum Gasteiger partial charge on any atom is 0.0540 e. The van der Waals surface area contributed by atoms with E-state index in [1.54, 1.807) is 0 Å². The van der Waals surface area contributed by atoms with Gasteiger partial charge in [0.2, 0.25) is 0 Å². The summed E-state index contributed by atoms with van der Waals surface area (Å²) in [6.45, 7) is 4.46. The maximum atomic E-state index is 4.15. The molecule has 0 fully saturated rings. The molecular formula is C7H14N2. The summed E-state index contributed by atoms with van der Waals surface area (Å²) in [7, 11) is 2.04. The highest BCUT2D eigenvalue weighted by molar-refractivity contribution is 5.59. The summed E-state index contributed by atoms with van der Waals surface area (Å²) >= 11 is 0. The van der Waals surface area contributed by atoms with Gasteiger partial charge in [-0.2, -0.15) is 5.10 Å². The summed E-state index contributed by atoms with van der Waals surface area (Å²) in [5.41, 5.74) is 0.